The van der Waals surface area contributed by atoms with Crippen LogP contribution in [-0.4, -0.2) is 15.1 Å². The summed E-state index contributed by atoms with van der Waals surface area (Å²) >= 11 is 4.65. The average molecular weight is 343 g/mol. The van der Waals surface area contributed by atoms with Gasteiger partial charge >= 0.3 is 0 Å². The van der Waals surface area contributed by atoms with Crippen molar-refractivity contribution in [3.8, 4) is 0 Å². The molecule has 1 heterocycles. The van der Waals surface area contributed by atoms with Crippen LogP contribution in [0.5, 0.6) is 0 Å². The maximum atomic E-state index is 10.8. The molecule has 1 N–H and O–H groups in total. The molecule has 0 bridgehead atoms. The number of anilines is 1. The predicted octanol–water partition coefficient (Wildman–Crippen LogP) is 3.38. The molecule has 0 aliphatic rings. The Morgan fingerprint density at radius 1 is 1.47 bits per heavy atom. The highest BCUT2D eigenvalue weighted by atomic mass is 79.9. The normalized spacial score (nSPS) is 10.4. The summed E-state index contributed by atoms with van der Waals surface area (Å²) in [5, 5.41) is 23.6. The summed E-state index contributed by atoms with van der Waals surface area (Å²) in [4.78, 5) is 10.4. The lowest BCUT2D eigenvalue weighted by Gasteiger charge is -2.03. The number of nitrogens with one attached hydrogen (secondary N) is 1. The fraction of sp³-hybridized carbons (Fsp3) is 0.273. The molecule has 6 nitrogen and oxygen atoms in total. The number of hydrogen-bond acceptors (Lipinski definition) is 6. The molecule has 2 rings (SSSR count). The zero-order valence-electron chi connectivity index (χ0n) is 10.1. The summed E-state index contributed by atoms with van der Waals surface area (Å²) in [5.41, 5.74) is 0.883. The van der Waals surface area contributed by atoms with E-state index in [-0.39, 0.29) is 5.69 Å². The standard InChI is InChI=1S/C11H11BrN4O2S/c1-2-10-14-15-11(19-10)13-6-7-3-4-8(12)9(5-7)16(17)18/h3-5H,2,6H2,1H3,(H,13,15). The Morgan fingerprint density at radius 2 is 2.26 bits per heavy atom. The molecule has 100 valence electrons. The lowest BCUT2D eigenvalue weighted by molar-refractivity contribution is -0.385. The number of halogens is 1. The quantitative estimate of drug-likeness (QED) is 0.665. The molecule has 0 amide bonds. The number of hydrogen-bond donors (Lipinski definition) is 1. The van der Waals surface area contributed by atoms with E-state index in [0.717, 1.165) is 22.1 Å². The molecule has 0 spiro atoms. The van der Waals surface area contributed by atoms with Crippen LogP contribution in [0.3, 0.4) is 0 Å². The highest BCUT2D eigenvalue weighted by molar-refractivity contribution is 9.10. The average Bonchev–Trinajstić information content (AvgIpc) is 2.85. The van der Waals surface area contributed by atoms with E-state index in [0.29, 0.717) is 11.0 Å². The number of benzene rings is 1. The molecular formula is C11H11BrN4O2S. The van der Waals surface area contributed by atoms with Crippen LogP contribution in [-0.2, 0) is 13.0 Å². The van der Waals surface area contributed by atoms with Gasteiger partial charge in [-0.15, -0.1) is 10.2 Å². The van der Waals surface area contributed by atoms with Crippen molar-refractivity contribution >= 4 is 38.1 Å². The van der Waals surface area contributed by atoms with Crippen molar-refractivity contribution in [1.29, 1.82) is 0 Å². The first kappa shape index (κ1) is 13.9. The molecule has 0 aliphatic heterocycles. The van der Waals surface area contributed by atoms with Crippen molar-refractivity contribution in [2.75, 3.05) is 5.32 Å². The second-order valence-electron chi connectivity index (χ2n) is 3.75. The lowest BCUT2D eigenvalue weighted by Crippen LogP contribution is -2.00. The monoisotopic (exact) mass is 342 g/mol. The topological polar surface area (TPSA) is 81.0 Å². The molecule has 1 aromatic carbocycles. The number of nitro benzene ring substituents is 1. The zero-order valence-corrected chi connectivity index (χ0v) is 12.5. The lowest BCUT2D eigenvalue weighted by atomic mass is 10.2. The molecule has 8 heteroatoms. The summed E-state index contributed by atoms with van der Waals surface area (Å²) in [7, 11) is 0. The van der Waals surface area contributed by atoms with Crippen LogP contribution in [0.2, 0.25) is 0 Å². The summed E-state index contributed by atoms with van der Waals surface area (Å²) in [5.74, 6) is 0. The highest BCUT2D eigenvalue weighted by Crippen LogP contribution is 2.26. The van der Waals surface area contributed by atoms with Gasteiger partial charge in [0.25, 0.3) is 5.69 Å². The molecular weight excluding hydrogens is 332 g/mol. The third kappa shape index (κ3) is 3.48. The minimum absolute atomic E-state index is 0.0609. The minimum Gasteiger partial charge on any atom is -0.356 e. The second-order valence-corrected chi connectivity index (χ2v) is 5.67. The van der Waals surface area contributed by atoms with Gasteiger partial charge in [-0.25, -0.2) is 0 Å². The molecule has 0 fully saturated rings. The Kier molecular flexibility index (Phi) is 4.43. The van der Waals surface area contributed by atoms with Crippen molar-refractivity contribution in [3.63, 3.8) is 0 Å². The van der Waals surface area contributed by atoms with Gasteiger partial charge in [0, 0.05) is 12.6 Å². The Morgan fingerprint density at radius 3 is 2.89 bits per heavy atom. The smallest absolute Gasteiger partial charge is 0.283 e. The van der Waals surface area contributed by atoms with E-state index in [2.05, 4.69) is 31.4 Å². The molecule has 0 saturated carbocycles. The third-order valence-electron chi connectivity index (χ3n) is 2.42. The van der Waals surface area contributed by atoms with Gasteiger partial charge in [0.2, 0.25) is 5.13 Å². The number of nitro groups is 1. The molecule has 2 aromatic rings. The van der Waals surface area contributed by atoms with Crippen LogP contribution in [0.1, 0.15) is 17.5 Å². The fourth-order valence-corrected chi connectivity index (χ4v) is 2.52. The SMILES string of the molecule is CCc1nnc(NCc2ccc(Br)c([N+](=O)[O-])c2)s1. The van der Waals surface area contributed by atoms with E-state index in [1.165, 1.54) is 11.3 Å². The van der Waals surface area contributed by atoms with E-state index in [4.69, 9.17) is 0 Å². The van der Waals surface area contributed by atoms with Crippen LogP contribution in [0.4, 0.5) is 10.8 Å². The van der Waals surface area contributed by atoms with Crippen LogP contribution in [0.25, 0.3) is 0 Å². The molecule has 0 radical (unpaired) electrons. The van der Waals surface area contributed by atoms with E-state index in [9.17, 15) is 10.1 Å². The maximum Gasteiger partial charge on any atom is 0.283 e. The van der Waals surface area contributed by atoms with Gasteiger partial charge in [-0.3, -0.25) is 10.1 Å². The van der Waals surface area contributed by atoms with E-state index in [1.54, 1.807) is 12.1 Å². The van der Waals surface area contributed by atoms with Gasteiger partial charge in [-0.1, -0.05) is 24.3 Å². The van der Waals surface area contributed by atoms with Gasteiger partial charge in [-0.05, 0) is 34.0 Å². The highest BCUT2D eigenvalue weighted by Gasteiger charge is 2.12. The number of aryl methyl sites for hydroxylation is 1. The molecule has 0 unspecified atom stereocenters. The molecule has 0 aliphatic carbocycles. The third-order valence-corrected chi connectivity index (χ3v) is 4.12. The summed E-state index contributed by atoms with van der Waals surface area (Å²) < 4.78 is 0.477. The number of rotatable bonds is 5. The predicted molar refractivity (Wildman–Crippen MR) is 77.4 cm³/mol. The Hall–Kier alpha value is -1.54. The van der Waals surface area contributed by atoms with Gasteiger partial charge in [0.05, 0.1) is 9.40 Å². The van der Waals surface area contributed by atoms with E-state index in [1.807, 2.05) is 13.0 Å². The summed E-state index contributed by atoms with van der Waals surface area (Å²) in [6.45, 7) is 2.49. The number of nitrogens with zero attached hydrogens (tertiary/aromatic N) is 3. The molecule has 0 saturated heterocycles. The summed E-state index contributed by atoms with van der Waals surface area (Å²) in [6, 6.07) is 5.04. The number of aromatic nitrogens is 2. The van der Waals surface area contributed by atoms with E-state index >= 15 is 0 Å². The maximum absolute atomic E-state index is 10.8. The van der Waals surface area contributed by atoms with Gasteiger partial charge in [0.15, 0.2) is 0 Å². The zero-order chi connectivity index (χ0) is 13.8. The Balaban J connectivity index is 2.07. The van der Waals surface area contributed by atoms with Gasteiger partial charge < -0.3 is 5.32 Å². The van der Waals surface area contributed by atoms with Crippen LogP contribution < -0.4 is 5.32 Å². The van der Waals surface area contributed by atoms with Crippen LogP contribution in [0, 0.1) is 10.1 Å². The van der Waals surface area contributed by atoms with Crippen LogP contribution in [0.15, 0.2) is 22.7 Å². The van der Waals surface area contributed by atoms with Crippen molar-refractivity contribution in [2.45, 2.75) is 19.9 Å². The minimum atomic E-state index is -0.409. The molecule has 1 aromatic heterocycles. The van der Waals surface area contributed by atoms with Crippen molar-refractivity contribution in [3.05, 3.63) is 43.4 Å². The first-order chi connectivity index (χ1) is 9.10. The summed E-state index contributed by atoms with van der Waals surface area (Å²) in [6.07, 6.45) is 0.850. The van der Waals surface area contributed by atoms with Crippen molar-refractivity contribution in [2.24, 2.45) is 0 Å². The Labute approximate surface area is 122 Å². The molecule has 19 heavy (non-hydrogen) atoms. The van der Waals surface area contributed by atoms with Crippen molar-refractivity contribution in [1.82, 2.24) is 10.2 Å². The largest absolute Gasteiger partial charge is 0.356 e. The van der Waals surface area contributed by atoms with Gasteiger partial charge in [-0.2, -0.15) is 0 Å². The first-order valence-electron chi connectivity index (χ1n) is 5.59. The molecule has 0 atom stereocenters. The van der Waals surface area contributed by atoms with Crippen molar-refractivity contribution < 1.29 is 4.92 Å². The van der Waals surface area contributed by atoms with E-state index < -0.39 is 4.92 Å². The fourth-order valence-electron chi connectivity index (χ4n) is 1.45. The first-order valence-corrected chi connectivity index (χ1v) is 7.20. The van der Waals surface area contributed by atoms with Gasteiger partial charge in [0.1, 0.15) is 5.01 Å². The Bertz CT molecular complexity index is 602. The van der Waals surface area contributed by atoms with Crippen LogP contribution >= 0.6 is 27.3 Å². The second kappa shape index (κ2) is 6.07.